The van der Waals surface area contributed by atoms with Gasteiger partial charge in [0.05, 0.1) is 19.1 Å². The van der Waals surface area contributed by atoms with Gasteiger partial charge in [-0.25, -0.2) is 9.59 Å². The van der Waals surface area contributed by atoms with Crippen LogP contribution in [0.3, 0.4) is 0 Å². The van der Waals surface area contributed by atoms with Gasteiger partial charge in [-0.05, 0) is 77.8 Å². The van der Waals surface area contributed by atoms with Crippen molar-refractivity contribution < 1.29 is 43.0 Å². The lowest BCUT2D eigenvalue weighted by molar-refractivity contribution is -0.145. The molecule has 0 unspecified atom stereocenters. The normalized spacial score (nSPS) is 24.2. The fraction of sp³-hybridized carbons (Fsp3) is 0.717. The summed E-state index contributed by atoms with van der Waals surface area (Å²) in [5.74, 6) is -3.08. The average Bonchev–Trinajstić information content (AvgIpc) is 3.24. The first-order chi connectivity index (χ1) is 30.0. The van der Waals surface area contributed by atoms with E-state index in [1.165, 1.54) is 4.90 Å². The van der Waals surface area contributed by atoms with E-state index >= 15 is 0 Å². The van der Waals surface area contributed by atoms with Crippen molar-refractivity contribution in [1.82, 2.24) is 41.7 Å². The highest BCUT2D eigenvalue weighted by Gasteiger charge is 2.39. The van der Waals surface area contributed by atoms with E-state index in [4.69, 9.17) is 9.47 Å². The fourth-order valence-electron chi connectivity index (χ4n) is 8.02. The Morgan fingerprint density at radius 3 is 1.94 bits per heavy atom. The summed E-state index contributed by atoms with van der Waals surface area (Å²) in [6, 6.07) is 3.12. The van der Waals surface area contributed by atoms with Gasteiger partial charge in [-0.2, -0.15) is 0 Å². The Balaban J connectivity index is 2.10. The van der Waals surface area contributed by atoms with Gasteiger partial charge in [0, 0.05) is 19.6 Å². The summed E-state index contributed by atoms with van der Waals surface area (Å²) in [5.41, 5.74) is -0.117. The van der Waals surface area contributed by atoms with Gasteiger partial charge >= 0.3 is 12.2 Å². The highest BCUT2D eigenvalue weighted by atomic mass is 16.6. The number of hydrogen-bond acceptors (Lipinski definition) is 10. The van der Waals surface area contributed by atoms with E-state index in [2.05, 4.69) is 50.6 Å². The van der Waals surface area contributed by atoms with Crippen molar-refractivity contribution >= 4 is 41.7 Å². The van der Waals surface area contributed by atoms with Gasteiger partial charge in [-0.15, -0.1) is 0 Å². The van der Waals surface area contributed by atoms with Crippen LogP contribution in [0.2, 0.25) is 0 Å². The van der Waals surface area contributed by atoms with Crippen molar-refractivity contribution in [3.8, 4) is 0 Å². The molecule has 6 atom stereocenters. The zero-order valence-corrected chi connectivity index (χ0v) is 39.0. The lowest BCUT2D eigenvalue weighted by Gasteiger charge is -2.38. The van der Waals surface area contributed by atoms with Gasteiger partial charge in [0.2, 0.25) is 29.5 Å². The number of amides is 7. The number of rotatable bonds is 15. The lowest BCUT2D eigenvalue weighted by Crippen LogP contribution is -2.64. The number of nitrogens with zero attached hydrogens (tertiary/aromatic N) is 2. The van der Waals surface area contributed by atoms with Crippen LogP contribution in [0.4, 0.5) is 9.59 Å². The van der Waals surface area contributed by atoms with Crippen LogP contribution in [-0.4, -0.2) is 127 Å². The third kappa shape index (κ3) is 18.0. The van der Waals surface area contributed by atoms with Crippen molar-refractivity contribution in [3.05, 3.63) is 35.9 Å². The van der Waals surface area contributed by atoms with Crippen LogP contribution in [0, 0.1) is 5.92 Å². The highest BCUT2D eigenvalue weighted by molar-refractivity contribution is 5.96. The van der Waals surface area contributed by atoms with Crippen molar-refractivity contribution in [2.24, 2.45) is 5.92 Å². The molecule has 6 N–H and O–H groups in total. The van der Waals surface area contributed by atoms with Crippen molar-refractivity contribution in [3.63, 3.8) is 0 Å². The molecule has 0 aromatic heterocycles. The molecule has 17 nitrogen and oxygen atoms in total. The standard InChI is InChI=1S/C46H76N8O9/c1-9-12-25-37-43(59)53(8)36(20-11-3)41(57)52-38(33-23-18-15-19-24-33)42(58)51-35(28-48-45(61)63-46(5,6)7)40(56)50-34(39(55)49-31(4)29-54(37)26-13-10-2)27-47-44(60)62-30-32-21-16-14-17-22-32/h14,16-17,21-22,31,33-38H,9-13,15,18-20,23-30H2,1-8H3,(H,47,60)(H,48,61)(H,49,55)(H,50,56)(H,51,58)(H,52,57)/t31-,34+,35-,36-,37-,38-/m0/s1. The monoisotopic (exact) mass is 885 g/mol. The Hall–Kier alpha value is -4.93. The molecule has 63 heavy (non-hydrogen) atoms. The minimum absolute atomic E-state index is 0.0318. The quantitative estimate of drug-likeness (QED) is 0.147. The van der Waals surface area contributed by atoms with E-state index in [-0.39, 0.29) is 31.5 Å². The average molecular weight is 885 g/mol. The molecule has 354 valence electrons. The summed E-state index contributed by atoms with van der Waals surface area (Å²) < 4.78 is 10.8. The van der Waals surface area contributed by atoms with Gasteiger partial charge in [0.25, 0.3) is 0 Å². The SMILES string of the molecule is CCCC[C@H]1C(=O)N(C)[C@@H](CCC)C(=O)N[C@@H](C2CCCCC2)C(=O)N[C@@H](CNC(=O)OC(C)(C)C)C(=O)N[C@H](CNC(=O)OCc2ccccc2)C(=O)N[C@@H](C)CN1CCCC. The third-order valence-electron chi connectivity index (χ3n) is 11.4. The smallest absolute Gasteiger partial charge is 0.407 e. The van der Waals surface area contributed by atoms with Crippen LogP contribution in [0.1, 0.15) is 131 Å². The Labute approximate surface area is 374 Å². The molecule has 1 aromatic carbocycles. The number of likely N-dealkylation sites (N-methyl/N-ethyl adjacent to an activating group) is 1. The van der Waals surface area contributed by atoms with Gasteiger partial charge in [-0.1, -0.05) is 96.0 Å². The Bertz CT molecular complexity index is 1630. The number of carbonyl (C=O) groups excluding carboxylic acids is 7. The lowest BCUT2D eigenvalue weighted by atomic mass is 9.83. The predicted octanol–water partition coefficient (Wildman–Crippen LogP) is 4.28. The maximum absolute atomic E-state index is 14.7. The summed E-state index contributed by atoms with van der Waals surface area (Å²) in [6.07, 6.45) is 7.01. The molecule has 2 fully saturated rings. The number of nitrogens with one attached hydrogen (secondary N) is 6. The molecule has 2 aliphatic rings. The molecule has 1 aromatic rings. The largest absolute Gasteiger partial charge is 0.445 e. The van der Waals surface area contributed by atoms with Crippen LogP contribution in [0.25, 0.3) is 0 Å². The van der Waals surface area contributed by atoms with Gasteiger partial charge in [0.1, 0.15) is 36.4 Å². The molecule has 1 heterocycles. The summed E-state index contributed by atoms with van der Waals surface area (Å²) in [7, 11) is 1.64. The predicted molar refractivity (Wildman–Crippen MR) is 240 cm³/mol. The molecular weight excluding hydrogens is 809 g/mol. The first-order valence-electron chi connectivity index (χ1n) is 23.1. The second kappa shape index (κ2) is 26.6. The topological polar surface area (TPSA) is 217 Å². The molecular formula is C46H76N8O9. The van der Waals surface area contributed by atoms with E-state index in [1.807, 2.05) is 25.1 Å². The second-order valence-electron chi connectivity index (χ2n) is 18.0. The first-order valence-corrected chi connectivity index (χ1v) is 23.1. The van der Waals surface area contributed by atoms with Crippen LogP contribution in [0.15, 0.2) is 30.3 Å². The molecule has 3 rings (SSSR count). The fourth-order valence-corrected chi connectivity index (χ4v) is 8.02. The van der Waals surface area contributed by atoms with Gasteiger partial charge < -0.3 is 46.3 Å². The summed E-state index contributed by atoms with van der Waals surface area (Å²) >= 11 is 0. The number of hydrogen-bond donors (Lipinski definition) is 6. The third-order valence-corrected chi connectivity index (χ3v) is 11.4. The molecule has 1 aliphatic carbocycles. The Morgan fingerprint density at radius 1 is 0.730 bits per heavy atom. The molecule has 0 radical (unpaired) electrons. The molecule has 0 bridgehead atoms. The molecule has 17 heteroatoms. The van der Waals surface area contributed by atoms with Crippen LogP contribution in [-0.2, 0) is 40.1 Å². The number of carbonyl (C=O) groups is 7. The Morgan fingerprint density at radius 2 is 1.33 bits per heavy atom. The van der Waals surface area contributed by atoms with Crippen LogP contribution >= 0.6 is 0 Å². The molecule has 1 saturated carbocycles. The van der Waals surface area contributed by atoms with Crippen molar-refractivity contribution in [2.75, 3.05) is 33.2 Å². The van der Waals surface area contributed by atoms with E-state index in [1.54, 1.807) is 46.9 Å². The van der Waals surface area contributed by atoms with Crippen LogP contribution in [0.5, 0.6) is 0 Å². The minimum atomic E-state index is -1.45. The summed E-state index contributed by atoms with van der Waals surface area (Å²) in [6.45, 7) is 12.9. The van der Waals surface area contributed by atoms with Crippen LogP contribution < -0.4 is 31.9 Å². The van der Waals surface area contributed by atoms with Gasteiger partial charge in [-0.3, -0.25) is 28.9 Å². The Kier molecular flexibility index (Phi) is 22.2. The maximum atomic E-state index is 14.7. The van der Waals surface area contributed by atoms with E-state index in [9.17, 15) is 33.6 Å². The molecule has 7 amide bonds. The second-order valence-corrected chi connectivity index (χ2v) is 18.0. The van der Waals surface area contributed by atoms with Crippen molar-refractivity contribution in [1.29, 1.82) is 0 Å². The maximum Gasteiger partial charge on any atom is 0.407 e. The van der Waals surface area contributed by atoms with E-state index in [0.29, 0.717) is 38.6 Å². The van der Waals surface area contributed by atoms with Crippen molar-refractivity contribution in [2.45, 2.75) is 174 Å². The first kappa shape index (κ1) is 52.4. The zero-order chi connectivity index (χ0) is 46.5. The highest BCUT2D eigenvalue weighted by Crippen LogP contribution is 2.27. The number of alkyl carbamates (subject to hydrolysis) is 2. The number of ether oxygens (including phenoxy) is 2. The van der Waals surface area contributed by atoms with E-state index in [0.717, 1.165) is 50.5 Å². The molecule has 1 aliphatic heterocycles. The molecule has 1 saturated heterocycles. The number of unbranched alkanes of at least 4 members (excludes halogenated alkanes) is 2. The summed E-state index contributed by atoms with van der Waals surface area (Å²) in [4.78, 5) is 102. The zero-order valence-electron chi connectivity index (χ0n) is 39.0. The van der Waals surface area contributed by atoms with Gasteiger partial charge in [0.15, 0.2) is 0 Å². The minimum Gasteiger partial charge on any atom is -0.445 e. The number of benzene rings is 1. The van der Waals surface area contributed by atoms with E-state index < -0.39 is 84.2 Å². The molecule has 0 spiro atoms. The summed E-state index contributed by atoms with van der Waals surface area (Å²) in [5, 5.41) is 16.6.